The molecule has 1 heterocycles. The average Bonchev–Trinajstić information content (AvgIpc) is 1.49. The van der Waals surface area contributed by atoms with Crippen LogP contribution < -0.4 is 0 Å². The Bertz CT molecular complexity index is 302. The van der Waals surface area contributed by atoms with Crippen molar-refractivity contribution in [3.63, 3.8) is 0 Å². The molecule has 8 heteroatoms. The minimum Gasteiger partial charge on any atom is -0.236 e. The van der Waals surface area contributed by atoms with Gasteiger partial charge in [-0.15, -0.1) is 0 Å². The lowest BCUT2D eigenvalue weighted by Gasteiger charge is -2.18. The minimum atomic E-state index is -3.95. The van der Waals surface area contributed by atoms with E-state index in [4.69, 9.17) is 0 Å². The molecule has 0 amide bonds. The fourth-order valence-electron chi connectivity index (χ4n) is 0.661. The summed E-state index contributed by atoms with van der Waals surface area (Å²) in [5.41, 5.74) is 0. The zero-order valence-corrected chi connectivity index (χ0v) is 7.18. The number of hydrogen-bond donors (Lipinski definition) is 0. The van der Waals surface area contributed by atoms with Gasteiger partial charge in [-0.05, 0) is 6.92 Å². The molecule has 0 unspecified atom stereocenters. The number of hydrogen-bond acceptors (Lipinski definition) is 6. The van der Waals surface area contributed by atoms with Gasteiger partial charge in [0, 0.05) is 0 Å². The lowest BCUT2D eigenvalue weighted by atomic mass is 10.8. The highest BCUT2D eigenvalue weighted by Crippen LogP contribution is 2.15. The van der Waals surface area contributed by atoms with Gasteiger partial charge in [0.1, 0.15) is 0 Å². The van der Waals surface area contributed by atoms with Gasteiger partial charge in [-0.2, -0.15) is 16.8 Å². The molecule has 0 saturated carbocycles. The molecule has 0 radical (unpaired) electrons. The lowest BCUT2D eigenvalue weighted by molar-refractivity contribution is 0.0281. The lowest BCUT2D eigenvalue weighted by Crippen LogP contribution is -2.34. The van der Waals surface area contributed by atoms with E-state index in [0.29, 0.717) is 0 Å². The van der Waals surface area contributed by atoms with Crippen LogP contribution in [0.4, 0.5) is 0 Å². The zero-order valence-electron chi connectivity index (χ0n) is 5.55. The molecule has 0 spiro atoms. The summed E-state index contributed by atoms with van der Waals surface area (Å²) in [5.74, 6) is 0. The second kappa shape index (κ2) is 2.41. The van der Waals surface area contributed by atoms with Crippen LogP contribution in [0, 0.1) is 0 Å². The Balaban J connectivity index is 3.02. The summed E-state index contributed by atoms with van der Waals surface area (Å²) in [6, 6.07) is 0. The van der Waals surface area contributed by atoms with E-state index in [1.165, 1.54) is 6.92 Å². The fraction of sp³-hybridized carbons (Fsp3) is 1.00. The predicted octanol–water partition coefficient (Wildman–Crippen LogP) is -1.00. The van der Waals surface area contributed by atoms with Crippen LogP contribution in [0.5, 0.6) is 0 Å². The molecule has 0 aromatic heterocycles. The molecule has 1 aliphatic heterocycles. The zero-order chi connectivity index (χ0) is 8.70. The van der Waals surface area contributed by atoms with Gasteiger partial charge in [0.2, 0.25) is 5.08 Å². The van der Waals surface area contributed by atoms with E-state index in [1.54, 1.807) is 0 Å². The summed E-state index contributed by atoms with van der Waals surface area (Å²) in [6.45, 7) is 1.19. The highest BCUT2D eigenvalue weighted by atomic mass is 32.3. The topological polar surface area (TPSA) is 86.7 Å². The second-order valence-corrected chi connectivity index (χ2v) is 5.55. The van der Waals surface area contributed by atoms with E-state index < -0.39 is 31.6 Å². The van der Waals surface area contributed by atoms with Crippen molar-refractivity contribution in [2.24, 2.45) is 0 Å². The Labute approximate surface area is 64.4 Å². The van der Waals surface area contributed by atoms with E-state index in [0.717, 1.165) is 0 Å². The van der Waals surface area contributed by atoms with Crippen LogP contribution in [0.15, 0.2) is 0 Å². The van der Waals surface area contributed by atoms with Crippen molar-refractivity contribution in [3.8, 4) is 0 Å². The molecule has 1 rings (SSSR count). The van der Waals surface area contributed by atoms with Gasteiger partial charge in [0.25, 0.3) is 20.2 Å². The quantitative estimate of drug-likeness (QED) is 0.468. The van der Waals surface area contributed by atoms with Crippen molar-refractivity contribution in [2.45, 2.75) is 13.2 Å². The molecule has 6 nitrogen and oxygen atoms in total. The van der Waals surface area contributed by atoms with Crippen molar-refractivity contribution in [1.29, 1.82) is 0 Å². The first-order chi connectivity index (χ1) is 4.81. The Morgan fingerprint density at radius 2 is 1.45 bits per heavy atom. The average molecular weight is 202 g/mol. The smallest absolute Gasteiger partial charge is 0.236 e. The molecule has 0 aliphatic carbocycles. The van der Waals surface area contributed by atoms with Crippen LogP contribution in [-0.4, -0.2) is 28.2 Å². The third-order valence-corrected chi connectivity index (χ3v) is 4.29. The monoisotopic (exact) mass is 202 g/mol. The van der Waals surface area contributed by atoms with Gasteiger partial charge in [-0.25, -0.2) is 8.37 Å². The molecular weight excluding hydrogens is 196 g/mol. The summed E-state index contributed by atoms with van der Waals surface area (Å²) >= 11 is 0. The Hall–Kier alpha value is -0.180. The molecule has 0 bridgehead atoms. The maximum absolute atomic E-state index is 10.6. The fourth-order valence-corrected chi connectivity index (χ4v) is 3.47. The van der Waals surface area contributed by atoms with Gasteiger partial charge >= 0.3 is 0 Å². The maximum Gasteiger partial charge on any atom is 0.286 e. The van der Waals surface area contributed by atoms with E-state index >= 15 is 0 Å². The largest absolute Gasteiger partial charge is 0.286 e. The molecule has 0 atom stereocenters. The van der Waals surface area contributed by atoms with E-state index in [1.807, 2.05) is 0 Å². The van der Waals surface area contributed by atoms with Crippen molar-refractivity contribution < 1.29 is 25.2 Å². The van der Waals surface area contributed by atoms with Crippen LogP contribution in [0.2, 0.25) is 0 Å². The highest BCUT2D eigenvalue weighted by molar-refractivity contribution is 8.04. The maximum atomic E-state index is 10.6. The highest BCUT2D eigenvalue weighted by Gasteiger charge is 2.34. The molecular formula is C3H6O6S2. The van der Waals surface area contributed by atoms with Crippen molar-refractivity contribution >= 4 is 20.2 Å². The standard InChI is InChI=1S/C3H6O6S2/c1-3-8-10(4,5)2-11(6,7)9-3/h3H,2H2,1H3. The van der Waals surface area contributed by atoms with Crippen molar-refractivity contribution in [3.05, 3.63) is 0 Å². The third kappa shape index (κ3) is 2.40. The Morgan fingerprint density at radius 1 is 1.09 bits per heavy atom. The normalized spacial score (nSPS) is 29.9. The number of rotatable bonds is 0. The Kier molecular flexibility index (Phi) is 1.95. The second-order valence-electron chi connectivity index (χ2n) is 1.99. The molecule has 0 aromatic carbocycles. The molecule has 1 fully saturated rings. The first kappa shape index (κ1) is 8.91. The summed E-state index contributed by atoms with van der Waals surface area (Å²) in [5, 5.41) is -1.11. The van der Waals surface area contributed by atoms with Gasteiger partial charge in [-0.3, -0.25) is 0 Å². The van der Waals surface area contributed by atoms with Gasteiger partial charge < -0.3 is 0 Å². The first-order valence-electron chi connectivity index (χ1n) is 2.63. The SMILES string of the molecule is CC1OS(=O)(=O)CS(=O)(=O)O1. The molecule has 0 N–H and O–H groups in total. The van der Waals surface area contributed by atoms with E-state index in [-0.39, 0.29) is 0 Å². The summed E-state index contributed by atoms with van der Waals surface area (Å²) in [7, 11) is -7.91. The molecule has 11 heavy (non-hydrogen) atoms. The van der Waals surface area contributed by atoms with Gasteiger partial charge in [-0.1, -0.05) is 0 Å². The van der Waals surface area contributed by atoms with Crippen LogP contribution >= 0.6 is 0 Å². The molecule has 66 valence electrons. The van der Waals surface area contributed by atoms with Crippen molar-refractivity contribution in [2.75, 3.05) is 5.08 Å². The Morgan fingerprint density at radius 3 is 1.73 bits per heavy atom. The van der Waals surface area contributed by atoms with Gasteiger partial charge in [0.15, 0.2) is 6.29 Å². The minimum absolute atomic E-state index is 1.11. The summed E-state index contributed by atoms with van der Waals surface area (Å²) in [4.78, 5) is 0. The molecule has 0 aromatic rings. The van der Waals surface area contributed by atoms with Crippen LogP contribution in [0.1, 0.15) is 6.92 Å². The summed E-state index contributed by atoms with van der Waals surface area (Å²) < 4.78 is 50.7. The van der Waals surface area contributed by atoms with E-state index in [9.17, 15) is 16.8 Å². The summed E-state index contributed by atoms with van der Waals surface area (Å²) in [6.07, 6.45) is -1.25. The molecule has 1 aliphatic rings. The van der Waals surface area contributed by atoms with Crippen LogP contribution in [0.25, 0.3) is 0 Å². The van der Waals surface area contributed by atoms with Crippen LogP contribution in [0.3, 0.4) is 0 Å². The van der Waals surface area contributed by atoms with Crippen molar-refractivity contribution in [1.82, 2.24) is 0 Å². The van der Waals surface area contributed by atoms with Crippen LogP contribution in [-0.2, 0) is 28.6 Å². The third-order valence-electron chi connectivity index (χ3n) is 0.853. The van der Waals surface area contributed by atoms with Gasteiger partial charge in [0.05, 0.1) is 0 Å². The first-order valence-corrected chi connectivity index (χ1v) is 5.78. The van der Waals surface area contributed by atoms with E-state index in [2.05, 4.69) is 8.37 Å². The molecule has 1 saturated heterocycles. The predicted molar refractivity (Wildman–Crippen MR) is 34.3 cm³/mol.